The summed E-state index contributed by atoms with van der Waals surface area (Å²) >= 11 is 0.984. The summed E-state index contributed by atoms with van der Waals surface area (Å²) in [7, 11) is -3.66. The van der Waals surface area contributed by atoms with E-state index in [0.29, 0.717) is 22.0 Å². The number of amidine groups is 1. The standard InChI is InChI=1S/C18H14N2O5S2/c21-17-16(9-13-6-7-14-15(8-13)25-11-24-14)26-18(19-17)20-27(22,23)10-12-4-2-1-3-5-12/h1-9H,10-11H2,(H,19,20,21)/b16-9-. The number of nitrogens with one attached hydrogen (secondary N) is 1. The molecule has 2 aromatic rings. The highest BCUT2D eigenvalue weighted by molar-refractivity contribution is 8.19. The molecule has 0 spiro atoms. The normalized spacial score (nSPS) is 17.3. The molecule has 7 nitrogen and oxygen atoms in total. The summed E-state index contributed by atoms with van der Waals surface area (Å²) in [5, 5.41) is 0.0444. The number of amides is 1. The lowest BCUT2D eigenvalue weighted by Crippen LogP contribution is -2.28. The van der Waals surface area contributed by atoms with Gasteiger partial charge in [0.1, 0.15) is 0 Å². The molecule has 0 saturated heterocycles. The van der Waals surface area contributed by atoms with E-state index in [2.05, 4.69) is 9.71 Å². The second-order valence-corrected chi connectivity index (χ2v) is 8.55. The van der Waals surface area contributed by atoms with Gasteiger partial charge in [-0.2, -0.15) is 4.99 Å². The van der Waals surface area contributed by atoms with Crippen molar-refractivity contribution in [1.82, 2.24) is 4.72 Å². The first-order valence-corrected chi connectivity index (χ1v) is 10.4. The molecule has 1 N–H and O–H groups in total. The molecule has 0 unspecified atom stereocenters. The number of fused-ring (bicyclic) bond motifs is 1. The van der Waals surface area contributed by atoms with Crippen LogP contribution in [0.2, 0.25) is 0 Å². The molecule has 0 saturated carbocycles. The fraction of sp³-hybridized carbons (Fsp3) is 0.111. The molecule has 2 aliphatic rings. The van der Waals surface area contributed by atoms with Gasteiger partial charge in [0.05, 0.1) is 10.7 Å². The van der Waals surface area contributed by atoms with Crippen LogP contribution in [0.5, 0.6) is 11.5 Å². The van der Waals surface area contributed by atoms with Crippen molar-refractivity contribution in [1.29, 1.82) is 0 Å². The number of sulfonamides is 1. The number of thioether (sulfide) groups is 1. The molecule has 1 amide bonds. The molecule has 9 heteroatoms. The molecule has 138 valence electrons. The van der Waals surface area contributed by atoms with E-state index in [0.717, 1.165) is 17.3 Å². The first-order valence-electron chi connectivity index (χ1n) is 7.95. The van der Waals surface area contributed by atoms with Gasteiger partial charge in [0.25, 0.3) is 5.91 Å². The van der Waals surface area contributed by atoms with Crippen LogP contribution in [0.25, 0.3) is 6.08 Å². The lowest BCUT2D eigenvalue weighted by Gasteiger charge is -2.06. The summed E-state index contributed by atoms with van der Waals surface area (Å²) in [5.74, 6) is 0.566. The van der Waals surface area contributed by atoms with Crippen molar-refractivity contribution in [2.45, 2.75) is 5.75 Å². The second-order valence-electron chi connectivity index (χ2n) is 5.79. The predicted octanol–water partition coefficient (Wildman–Crippen LogP) is 2.51. The van der Waals surface area contributed by atoms with Gasteiger partial charge in [0.2, 0.25) is 16.8 Å². The van der Waals surface area contributed by atoms with E-state index < -0.39 is 15.9 Å². The van der Waals surface area contributed by atoms with Crippen molar-refractivity contribution in [3.8, 4) is 11.5 Å². The van der Waals surface area contributed by atoms with E-state index >= 15 is 0 Å². The third-order valence-electron chi connectivity index (χ3n) is 3.76. The van der Waals surface area contributed by atoms with Crippen LogP contribution in [-0.2, 0) is 20.6 Å². The lowest BCUT2D eigenvalue weighted by molar-refractivity contribution is -0.113. The molecular weight excluding hydrogens is 388 g/mol. The first-order chi connectivity index (χ1) is 13.0. The zero-order chi connectivity index (χ0) is 18.9. The quantitative estimate of drug-likeness (QED) is 0.790. The minimum atomic E-state index is -3.66. The maximum Gasteiger partial charge on any atom is 0.286 e. The van der Waals surface area contributed by atoms with Gasteiger partial charge in [0.15, 0.2) is 16.7 Å². The highest BCUT2D eigenvalue weighted by atomic mass is 32.2. The maximum atomic E-state index is 12.3. The highest BCUT2D eigenvalue weighted by Crippen LogP contribution is 2.34. The van der Waals surface area contributed by atoms with E-state index in [4.69, 9.17) is 9.47 Å². The molecule has 0 atom stereocenters. The smallest absolute Gasteiger partial charge is 0.286 e. The largest absolute Gasteiger partial charge is 0.454 e. The summed E-state index contributed by atoms with van der Waals surface area (Å²) in [6.45, 7) is 0.166. The van der Waals surface area contributed by atoms with E-state index in [1.807, 2.05) is 6.07 Å². The van der Waals surface area contributed by atoms with Crippen molar-refractivity contribution in [2.75, 3.05) is 6.79 Å². The van der Waals surface area contributed by atoms with Crippen LogP contribution in [0.3, 0.4) is 0 Å². The summed E-state index contributed by atoms with van der Waals surface area (Å²) in [4.78, 5) is 16.2. The third kappa shape index (κ3) is 4.15. The Balaban J connectivity index is 1.46. The van der Waals surface area contributed by atoms with Gasteiger partial charge in [-0.3, -0.25) is 9.52 Å². The van der Waals surface area contributed by atoms with Gasteiger partial charge in [0, 0.05) is 0 Å². The van der Waals surface area contributed by atoms with Crippen LogP contribution in [-0.4, -0.2) is 26.3 Å². The van der Waals surface area contributed by atoms with Crippen LogP contribution >= 0.6 is 11.8 Å². The number of rotatable bonds is 4. The van der Waals surface area contributed by atoms with Crippen LogP contribution in [0.4, 0.5) is 0 Å². The molecule has 0 bridgehead atoms. The van der Waals surface area contributed by atoms with Crippen molar-refractivity contribution < 1.29 is 22.7 Å². The highest BCUT2D eigenvalue weighted by Gasteiger charge is 2.25. The van der Waals surface area contributed by atoms with E-state index in [1.54, 1.807) is 48.5 Å². The van der Waals surface area contributed by atoms with Crippen LogP contribution in [0.15, 0.2) is 58.4 Å². The van der Waals surface area contributed by atoms with Crippen molar-refractivity contribution in [2.24, 2.45) is 4.99 Å². The zero-order valence-electron chi connectivity index (χ0n) is 13.9. The lowest BCUT2D eigenvalue weighted by atomic mass is 10.2. The van der Waals surface area contributed by atoms with E-state index in [9.17, 15) is 13.2 Å². The molecule has 2 heterocycles. The minimum Gasteiger partial charge on any atom is -0.454 e. The maximum absolute atomic E-state index is 12.3. The number of ether oxygens (including phenoxy) is 2. The molecule has 2 aliphatic heterocycles. The van der Waals surface area contributed by atoms with Crippen molar-refractivity contribution in [3.63, 3.8) is 0 Å². The minimum absolute atomic E-state index is 0.0444. The Morgan fingerprint density at radius 3 is 2.70 bits per heavy atom. The molecule has 0 radical (unpaired) electrons. The molecule has 0 aromatic heterocycles. The van der Waals surface area contributed by atoms with Gasteiger partial charge < -0.3 is 9.47 Å². The number of hydrogen-bond acceptors (Lipinski definition) is 6. The Morgan fingerprint density at radius 2 is 1.89 bits per heavy atom. The molecule has 4 rings (SSSR count). The molecule has 27 heavy (non-hydrogen) atoms. The summed E-state index contributed by atoms with van der Waals surface area (Å²) in [6.07, 6.45) is 1.64. The van der Waals surface area contributed by atoms with Gasteiger partial charge in [-0.25, -0.2) is 8.42 Å². The van der Waals surface area contributed by atoms with Gasteiger partial charge in [-0.15, -0.1) is 0 Å². The van der Waals surface area contributed by atoms with Gasteiger partial charge in [-0.1, -0.05) is 36.4 Å². The molecule has 0 aliphatic carbocycles. The van der Waals surface area contributed by atoms with Crippen molar-refractivity contribution in [3.05, 3.63) is 64.6 Å². The molecule has 2 aromatic carbocycles. The Bertz CT molecular complexity index is 1060. The van der Waals surface area contributed by atoms with Crippen LogP contribution < -0.4 is 14.2 Å². The Morgan fingerprint density at radius 1 is 1.11 bits per heavy atom. The summed E-state index contributed by atoms with van der Waals surface area (Å²) in [6, 6.07) is 14.1. The Hall–Kier alpha value is -2.78. The topological polar surface area (TPSA) is 94.1 Å². The Labute approximate surface area is 160 Å². The summed E-state index contributed by atoms with van der Waals surface area (Å²) < 4.78 is 37.5. The average molecular weight is 402 g/mol. The number of carbonyl (C=O) groups is 1. The molecular formula is C18H14N2O5S2. The first kappa shape index (κ1) is 17.6. The van der Waals surface area contributed by atoms with Gasteiger partial charge in [-0.05, 0) is 41.1 Å². The number of carbonyl (C=O) groups excluding carboxylic acids is 1. The SMILES string of the molecule is O=C1N=C(NS(=O)(=O)Cc2ccccc2)S/C1=C\c1ccc2c(c1)OCO2. The monoisotopic (exact) mass is 402 g/mol. The van der Waals surface area contributed by atoms with E-state index in [-0.39, 0.29) is 17.7 Å². The molecule has 0 fully saturated rings. The Kier molecular flexibility index (Phi) is 4.63. The summed E-state index contributed by atoms with van der Waals surface area (Å²) in [5.41, 5.74) is 1.38. The van der Waals surface area contributed by atoms with E-state index in [1.165, 1.54) is 0 Å². The number of hydrogen-bond donors (Lipinski definition) is 1. The fourth-order valence-corrected chi connectivity index (χ4v) is 4.80. The van der Waals surface area contributed by atoms with Gasteiger partial charge >= 0.3 is 0 Å². The second kappa shape index (κ2) is 7.09. The third-order valence-corrected chi connectivity index (χ3v) is 6.00. The predicted molar refractivity (Wildman–Crippen MR) is 103 cm³/mol. The fourth-order valence-electron chi connectivity index (χ4n) is 2.57. The number of aliphatic imine (C=N–C) groups is 1. The average Bonchev–Trinajstić information content (AvgIpc) is 3.21. The zero-order valence-corrected chi connectivity index (χ0v) is 15.5. The van der Waals surface area contributed by atoms with Crippen molar-refractivity contribution >= 4 is 38.9 Å². The number of nitrogens with zero attached hydrogens (tertiary/aromatic N) is 1. The van der Waals surface area contributed by atoms with Crippen LogP contribution in [0.1, 0.15) is 11.1 Å². The number of benzene rings is 2. The van der Waals surface area contributed by atoms with Crippen LogP contribution in [0, 0.1) is 0 Å².